The summed E-state index contributed by atoms with van der Waals surface area (Å²) in [7, 11) is 0. The first-order chi connectivity index (χ1) is 7.05. The Bertz CT molecular complexity index is 362. The minimum absolute atomic E-state index is 0.0612. The number of hydrogen-bond acceptors (Lipinski definition) is 3. The number of nitrogens with one attached hydrogen (secondary N) is 2. The molecule has 0 fully saturated rings. The monoisotopic (exact) mass is 229 g/mol. The molecule has 0 atom stereocenters. The summed E-state index contributed by atoms with van der Waals surface area (Å²) >= 11 is 5.69. The van der Waals surface area contributed by atoms with Crippen molar-refractivity contribution in [2.45, 2.75) is 20.3 Å². The summed E-state index contributed by atoms with van der Waals surface area (Å²) in [4.78, 5) is 17.8. The number of aromatic amines is 1. The fourth-order valence-corrected chi connectivity index (χ4v) is 1.66. The topological polar surface area (TPSA) is 57.8 Å². The third kappa shape index (κ3) is 3.91. The van der Waals surface area contributed by atoms with Crippen molar-refractivity contribution in [2.75, 3.05) is 17.7 Å². The molecule has 1 aromatic rings. The number of halogens is 1. The zero-order valence-corrected chi connectivity index (χ0v) is 9.77. The lowest BCUT2D eigenvalue weighted by Gasteiger charge is -2.23. The van der Waals surface area contributed by atoms with Crippen molar-refractivity contribution in [1.82, 2.24) is 9.97 Å². The van der Waals surface area contributed by atoms with Gasteiger partial charge in [-0.3, -0.25) is 4.79 Å². The van der Waals surface area contributed by atoms with Gasteiger partial charge in [0.15, 0.2) is 5.82 Å². The Balaban J connectivity index is 2.57. The lowest BCUT2D eigenvalue weighted by Crippen LogP contribution is -2.26. The molecule has 0 radical (unpaired) electrons. The van der Waals surface area contributed by atoms with E-state index in [9.17, 15) is 4.79 Å². The van der Waals surface area contributed by atoms with E-state index in [0.717, 1.165) is 6.42 Å². The van der Waals surface area contributed by atoms with E-state index in [4.69, 9.17) is 11.6 Å². The first-order valence-corrected chi connectivity index (χ1v) is 5.42. The average Bonchev–Trinajstić information content (AvgIpc) is 2.16. The number of H-pyrrole nitrogens is 1. The van der Waals surface area contributed by atoms with Gasteiger partial charge >= 0.3 is 0 Å². The summed E-state index contributed by atoms with van der Waals surface area (Å²) in [5, 5.41) is 3.02. The minimum atomic E-state index is -0.195. The molecule has 0 aliphatic heterocycles. The fourth-order valence-electron chi connectivity index (χ4n) is 1.14. The molecule has 0 aliphatic rings. The van der Waals surface area contributed by atoms with E-state index in [1.807, 2.05) is 0 Å². The predicted octanol–water partition coefficient (Wildman–Crippen LogP) is 1.84. The van der Waals surface area contributed by atoms with E-state index < -0.39 is 0 Å². The minimum Gasteiger partial charge on any atom is -0.365 e. The molecule has 1 rings (SSSR count). The van der Waals surface area contributed by atoms with Crippen LogP contribution in [0.5, 0.6) is 0 Å². The molecule has 5 heteroatoms. The molecule has 4 nitrogen and oxygen atoms in total. The van der Waals surface area contributed by atoms with Gasteiger partial charge in [-0.05, 0) is 11.8 Å². The summed E-state index contributed by atoms with van der Waals surface area (Å²) in [5.74, 6) is 0.980. The SMILES string of the molecule is CC(C)(CCCl)CNc1ncc[nH]c1=O. The third-order valence-electron chi connectivity index (χ3n) is 2.21. The number of alkyl halides is 1. The van der Waals surface area contributed by atoms with Crippen LogP contribution in [0.1, 0.15) is 20.3 Å². The molecule has 0 unspecified atom stereocenters. The van der Waals surface area contributed by atoms with Crippen LogP contribution < -0.4 is 10.9 Å². The van der Waals surface area contributed by atoms with E-state index in [1.165, 1.54) is 6.20 Å². The molecule has 2 N–H and O–H groups in total. The van der Waals surface area contributed by atoms with E-state index >= 15 is 0 Å². The second kappa shape index (κ2) is 5.16. The van der Waals surface area contributed by atoms with Gasteiger partial charge in [0.05, 0.1) is 0 Å². The normalized spacial score (nSPS) is 11.4. The molecular formula is C10H16ClN3O. The van der Waals surface area contributed by atoms with Crippen LogP contribution in [-0.2, 0) is 0 Å². The molecule has 1 aromatic heterocycles. The lowest BCUT2D eigenvalue weighted by molar-refractivity contribution is 0.379. The largest absolute Gasteiger partial charge is 0.365 e. The van der Waals surface area contributed by atoms with Gasteiger partial charge in [0.2, 0.25) is 0 Å². The summed E-state index contributed by atoms with van der Waals surface area (Å²) in [6.45, 7) is 4.87. The Morgan fingerprint density at radius 3 is 2.93 bits per heavy atom. The molecule has 0 amide bonds. The summed E-state index contributed by atoms with van der Waals surface area (Å²) in [6.07, 6.45) is 3.96. The molecular weight excluding hydrogens is 214 g/mol. The zero-order chi connectivity index (χ0) is 11.3. The highest BCUT2D eigenvalue weighted by Crippen LogP contribution is 2.20. The van der Waals surface area contributed by atoms with Gasteiger partial charge in [0.25, 0.3) is 5.56 Å². The maximum atomic E-state index is 11.3. The molecule has 0 saturated carbocycles. The first kappa shape index (κ1) is 12.0. The van der Waals surface area contributed by atoms with Gasteiger partial charge in [-0.15, -0.1) is 11.6 Å². The van der Waals surface area contributed by atoms with Crippen LogP contribution in [-0.4, -0.2) is 22.4 Å². The second-order valence-electron chi connectivity index (χ2n) is 4.22. The molecule has 15 heavy (non-hydrogen) atoms. The third-order valence-corrected chi connectivity index (χ3v) is 2.40. The summed E-state index contributed by atoms with van der Waals surface area (Å²) < 4.78 is 0. The molecule has 0 saturated heterocycles. The summed E-state index contributed by atoms with van der Waals surface area (Å²) in [5.41, 5.74) is -0.134. The zero-order valence-electron chi connectivity index (χ0n) is 9.01. The van der Waals surface area contributed by atoms with Gasteiger partial charge < -0.3 is 10.3 Å². The van der Waals surface area contributed by atoms with Crippen LogP contribution in [0.25, 0.3) is 0 Å². The Morgan fingerprint density at radius 2 is 2.33 bits per heavy atom. The molecule has 0 aliphatic carbocycles. The maximum absolute atomic E-state index is 11.3. The van der Waals surface area contributed by atoms with Gasteiger partial charge in [0.1, 0.15) is 0 Å². The van der Waals surface area contributed by atoms with Gasteiger partial charge in [-0.1, -0.05) is 13.8 Å². The van der Waals surface area contributed by atoms with Gasteiger partial charge in [0, 0.05) is 24.8 Å². The van der Waals surface area contributed by atoms with Crippen molar-refractivity contribution >= 4 is 17.4 Å². The lowest BCUT2D eigenvalue weighted by atomic mass is 9.90. The highest BCUT2D eigenvalue weighted by atomic mass is 35.5. The quantitative estimate of drug-likeness (QED) is 0.758. The number of rotatable bonds is 5. The number of aromatic nitrogens is 2. The standard InChI is InChI=1S/C10H16ClN3O/c1-10(2,3-4-11)7-14-8-9(15)13-6-5-12-8/h5-6H,3-4,7H2,1-2H3,(H,12,14)(H,13,15). The van der Waals surface area contributed by atoms with Crippen molar-refractivity contribution in [3.63, 3.8) is 0 Å². The van der Waals surface area contributed by atoms with Crippen molar-refractivity contribution in [1.29, 1.82) is 0 Å². The van der Waals surface area contributed by atoms with E-state index in [-0.39, 0.29) is 11.0 Å². The molecule has 0 bridgehead atoms. The molecule has 0 spiro atoms. The first-order valence-electron chi connectivity index (χ1n) is 4.89. The fraction of sp³-hybridized carbons (Fsp3) is 0.600. The highest BCUT2D eigenvalue weighted by molar-refractivity contribution is 6.17. The second-order valence-corrected chi connectivity index (χ2v) is 4.60. The highest BCUT2D eigenvalue weighted by Gasteiger charge is 2.17. The Labute approximate surface area is 94.1 Å². The Hall–Kier alpha value is -1.03. The van der Waals surface area contributed by atoms with E-state index in [2.05, 4.69) is 29.1 Å². The predicted molar refractivity (Wildman–Crippen MR) is 62.5 cm³/mol. The van der Waals surface area contributed by atoms with Gasteiger partial charge in [-0.25, -0.2) is 4.98 Å². The number of nitrogens with zero attached hydrogens (tertiary/aromatic N) is 1. The van der Waals surface area contributed by atoms with Crippen LogP contribution >= 0.6 is 11.6 Å². The van der Waals surface area contributed by atoms with Crippen LogP contribution in [0, 0.1) is 5.41 Å². The average molecular weight is 230 g/mol. The van der Waals surface area contributed by atoms with Crippen molar-refractivity contribution in [3.05, 3.63) is 22.7 Å². The van der Waals surface area contributed by atoms with E-state index in [1.54, 1.807) is 6.20 Å². The smallest absolute Gasteiger partial charge is 0.290 e. The maximum Gasteiger partial charge on any atom is 0.290 e. The Morgan fingerprint density at radius 1 is 1.60 bits per heavy atom. The summed E-state index contributed by atoms with van der Waals surface area (Å²) in [6, 6.07) is 0. The molecule has 0 aromatic carbocycles. The van der Waals surface area contributed by atoms with Crippen LogP contribution in [0.4, 0.5) is 5.82 Å². The number of anilines is 1. The van der Waals surface area contributed by atoms with Crippen molar-refractivity contribution in [3.8, 4) is 0 Å². The van der Waals surface area contributed by atoms with Crippen LogP contribution in [0.3, 0.4) is 0 Å². The van der Waals surface area contributed by atoms with E-state index in [0.29, 0.717) is 18.2 Å². The van der Waals surface area contributed by atoms with Crippen molar-refractivity contribution in [2.24, 2.45) is 5.41 Å². The molecule has 1 heterocycles. The van der Waals surface area contributed by atoms with Crippen LogP contribution in [0.2, 0.25) is 0 Å². The number of hydrogen-bond donors (Lipinski definition) is 2. The Kier molecular flexibility index (Phi) is 4.15. The van der Waals surface area contributed by atoms with Crippen molar-refractivity contribution < 1.29 is 0 Å². The van der Waals surface area contributed by atoms with Crippen LogP contribution in [0.15, 0.2) is 17.2 Å². The molecule has 84 valence electrons. The van der Waals surface area contributed by atoms with Gasteiger partial charge in [-0.2, -0.15) is 0 Å².